The van der Waals surface area contributed by atoms with Gasteiger partial charge in [-0.2, -0.15) is 0 Å². The van der Waals surface area contributed by atoms with Crippen LogP contribution in [0.3, 0.4) is 0 Å². The lowest BCUT2D eigenvalue weighted by Gasteiger charge is -2.29. The Kier molecular flexibility index (Phi) is 5.44. The largest absolute Gasteiger partial charge is 0.440 e. The highest BCUT2D eigenvalue weighted by Gasteiger charge is 2.47. The number of carbonyl (C=O) groups excluding carboxylic acids is 1. The molecule has 0 aromatic heterocycles. The van der Waals surface area contributed by atoms with Crippen LogP contribution < -0.4 is 9.47 Å². The minimum absolute atomic E-state index is 0.0524. The summed E-state index contributed by atoms with van der Waals surface area (Å²) < 4.78 is 27.5. The maximum absolute atomic E-state index is 14.9. The quantitative estimate of drug-likeness (QED) is 0.409. The van der Waals surface area contributed by atoms with Crippen molar-refractivity contribution in [3.63, 3.8) is 0 Å². The molecule has 0 bridgehead atoms. The maximum atomic E-state index is 14.9. The molecule has 2 heterocycles. The van der Waals surface area contributed by atoms with Gasteiger partial charge in [0, 0.05) is 34.8 Å². The van der Waals surface area contributed by atoms with Crippen molar-refractivity contribution in [2.75, 3.05) is 13.1 Å². The van der Waals surface area contributed by atoms with E-state index in [1.54, 1.807) is 47.4 Å². The highest BCUT2D eigenvalue weighted by Crippen LogP contribution is 2.50. The number of fused-ring (bicyclic) bond motifs is 1. The Morgan fingerprint density at radius 3 is 2.16 bits per heavy atom. The molecule has 1 unspecified atom stereocenters. The van der Waals surface area contributed by atoms with E-state index in [1.165, 1.54) is 12.1 Å². The van der Waals surface area contributed by atoms with E-state index in [1.807, 2.05) is 0 Å². The number of halogens is 4. The summed E-state index contributed by atoms with van der Waals surface area (Å²) in [5.74, 6) is -2.12. The fourth-order valence-electron chi connectivity index (χ4n) is 4.09. The van der Waals surface area contributed by atoms with Crippen LogP contribution in [0.4, 0.5) is 4.39 Å². The summed E-state index contributed by atoms with van der Waals surface area (Å²) >= 11 is 18.7. The highest BCUT2D eigenvalue weighted by molar-refractivity contribution is 6.35. The third kappa shape index (κ3) is 3.58. The number of rotatable bonds is 3. The topological polar surface area (TPSA) is 38.8 Å². The van der Waals surface area contributed by atoms with Crippen LogP contribution in [0.15, 0.2) is 54.6 Å². The molecule has 0 spiro atoms. The van der Waals surface area contributed by atoms with E-state index in [2.05, 4.69) is 0 Å². The summed E-state index contributed by atoms with van der Waals surface area (Å²) in [6.07, 6.45) is 1.82. The first-order valence-electron chi connectivity index (χ1n) is 10.1. The summed E-state index contributed by atoms with van der Waals surface area (Å²) in [5.41, 5.74) is 1.02. The van der Waals surface area contributed by atoms with Crippen molar-refractivity contribution in [2.24, 2.45) is 0 Å². The fourth-order valence-corrected chi connectivity index (χ4v) is 4.75. The first kappa shape index (κ1) is 21.4. The minimum atomic E-state index is -1.50. The molecular formula is C24H17Cl3FNO3. The van der Waals surface area contributed by atoms with Crippen molar-refractivity contribution in [3.05, 3.63) is 92.2 Å². The number of amides is 1. The number of carbonyl (C=O) groups is 1. The normalized spacial score (nSPS) is 19.4. The third-order valence-electron chi connectivity index (χ3n) is 5.67. The molecule has 32 heavy (non-hydrogen) atoms. The zero-order valence-corrected chi connectivity index (χ0v) is 19.0. The Labute approximate surface area is 199 Å². The lowest BCUT2D eigenvalue weighted by atomic mass is 9.97. The van der Waals surface area contributed by atoms with Gasteiger partial charge in [-0.3, -0.25) is 4.79 Å². The SMILES string of the molecule is O=C(c1cc2c(cc1F)OC(c1ccc(Cl)cc1)(c1ccc(Cl)cc1Cl)O2)N1CCCC1. The third-order valence-corrected chi connectivity index (χ3v) is 6.47. The molecule has 0 saturated carbocycles. The summed E-state index contributed by atoms with van der Waals surface area (Å²) in [5, 5.41) is 1.30. The predicted octanol–water partition coefficient (Wildman–Crippen LogP) is 6.69. The molecule has 2 aliphatic heterocycles. The van der Waals surface area contributed by atoms with E-state index in [0.717, 1.165) is 12.8 Å². The van der Waals surface area contributed by atoms with Gasteiger partial charge in [0.2, 0.25) is 0 Å². The monoisotopic (exact) mass is 491 g/mol. The van der Waals surface area contributed by atoms with Gasteiger partial charge >= 0.3 is 5.79 Å². The van der Waals surface area contributed by atoms with Crippen LogP contribution in [0.25, 0.3) is 0 Å². The molecule has 164 valence electrons. The molecule has 5 rings (SSSR count). The van der Waals surface area contributed by atoms with Crippen molar-refractivity contribution in [1.29, 1.82) is 0 Å². The standard InChI is InChI=1S/C24H17Cl3FNO3/c25-15-5-3-14(4-6-15)24(18-8-7-16(26)11-19(18)27)31-21-12-17(20(28)13-22(21)32-24)23(30)29-9-1-2-10-29/h3-8,11-13H,1-2,9-10H2. The smallest absolute Gasteiger partial charge is 0.307 e. The number of ether oxygens (including phenoxy) is 2. The second kappa shape index (κ2) is 8.14. The first-order valence-corrected chi connectivity index (χ1v) is 11.2. The number of hydrogen-bond donors (Lipinski definition) is 0. The predicted molar refractivity (Wildman–Crippen MR) is 121 cm³/mol. The first-order chi connectivity index (χ1) is 15.4. The Morgan fingerprint density at radius 1 is 0.875 bits per heavy atom. The second-order valence-electron chi connectivity index (χ2n) is 7.73. The van der Waals surface area contributed by atoms with Gasteiger partial charge in [0.05, 0.1) is 16.1 Å². The van der Waals surface area contributed by atoms with E-state index < -0.39 is 11.6 Å². The molecule has 2 aliphatic rings. The van der Waals surface area contributed by atoms with Crippen molar-refractivity contribution in [3.8, 4) is 11.5 Å². The van der Waals surface area contributed by atoms with Gasteiger partial charge in [-0.15, -0.1) is 0 Å². The van der Waals surface area contributed by atoms with Crippen LogP contribution in [0.2, 0.25) is 15.1 Å². The minimum Gasteiger partial charge on any atom is -0.440 e. The molecule has 1 saturated heterocycles. The van der Waals surface area contributed by atoms with Crippen molar-refractivity contribution in [1.82, 2.24) is 4.90 Å². The lowest BCUT2D eigenvalue weighted by molar-refractivity contribution is -0.0458. The number of nitrogens with zero attached hydrogens (tertiary/aromatic N) is 1. The molecule has 0 radical (unpaired) electrons. The Morgan fingerprint density at radius 2 is 1.50 bits per heavy atom. The summed E-state index contributed by atoms with van der Waals surface area (Å²) in [4.78, 5) is 14.5. The Balaban J connectivity index is 1.62. The van der Waals surface area contributed by atoms with Crippen LogP contribution >= 0.6 is 34.8 Å². The van der Waals surface area contributed by atoms with Crippen molar-refractivity contribution in [2.45, 2.75) is 18.6 Å². The van der Waals surface area contributed by atoms with Gasteiger partial charge in [-0.1, -0.05) is 34.8 Å². The molecule has 3 aromatic carbocycles. The van der Waals surface area contributed by atoms with Gasteiger partial charge in [0.1, 0.15) is 5.82 Å². The van der Waals surface area contributed by atoms with Gasteiger partial charge < -0.3 is 14.4 Å². The number of benzene rings is 3. The molecule has 0 aliphatic carbocycles. The van der Waals surface area contributed by atoms with Crippen LogP contribution in [-0.4, -0.2) is 23.9 Å². The highest BCUT2D eigenvalue weighted by atomic mass is 35.5. The van der Waals surface area contributed by atoms with Crippen molar-refractivity contribution < 1.29 is 18.7 Å². The van der Waals surface area contributed by atoms with Gasteiger partial charge in [0.25, 0.3) is 5.91 Å². The van der Waals surface area contributed by atoms with E-state index in [4.69, 9.17) is 44.3 Å². The van der Waals surface area contributed by atoms with Crippen LogP contribution in [-0.2, 0) is 5.79 Å². The lowest BCUT2D eigenvalue weighted by Crippen LogP contribution is -2.37. The molecule has 4 nitrogen and oxygen atoms in total. The van der Waals surface area contributed by atoms with E-state index in [-0.39, 0.29) is 23.0 Å². The number of likely N-dealkylation sites (tertiary alicyclic amines) is 1. The average molecular weight is 493 g/mol. The molecule has 8 heteroatoms. The zero-order valence-electron chi connectivity index (χ0n) is 16.7. The summed E-state index contributed by atoms with van der Waals surface area (Å²) in [7, 11) is 0. The van der Waals surface area contributed by atoms with Crippen molar-refractivity contribution >= 4 is 40.7 Å². The van der Waals surface area contributed by atoms with E-state index >= 15 is 0 Å². The van der Waals surface area contributed by atoms with Gasteiger partial charge in [-0.05, 0) is 61.4 Å². The van der Waals surface area contributed by atoms with Gasteiger partial charge in [-0.25, -0.2) is 4.39 Å². The zero-order chi connectivity index (χ0) is 22.5. The molecule has 0 N–H and O–H groups in total. The van der Waals surface area contributed by atoms with Crippen LogP contribution in [0.5, 0.6) is 11.5 Å². The molecule has 3 aromatic rings. The second-order valence-corrected chi connectivity index (χ2v) is 9.01. The Hall–Kier alpha value is -2.47. The number of hydrogen-bond acceptors (Lipinski definition) is 3. The summed E-state index contributed by atoms with van der Waals surface area (Å²) in [6, 6.07) is 14.4. The Bertz CT molecular complexity index is 1210. The van der Waals surface area contributed by atoms with Gasteiger partial charge in [0.15, 0.2) is 11.5 Å². The summed E-state index contributed by atoms with van der Waals surface area (Å²) in [6.45, 7) is 1.23. The maximum Gasteiger partial charge on any atom is 0.307 e. The average Bonchev–Trinajstić information content (AvgIpc) is 3.41. The molecule has 1 amide bonds. The van der Waals surface area contributed by atoms with E-state index in [9.17, 15) is 9.18 Å². The van der Waals surface area contributed by atoms with E-state index in [0.29, 0.717) is 39.3 Å². The molecule has 1 fully saturated rings. The van der Waals surface area contributed by atoms with Crippen LogP contribution in [0, 0.1) is 5.82 Å². The molecular weight excluding hydrogens is 476 g/mol. The van der Waals surface area contributed by atoms with Crippen LogP contribution in [0.1, 0.15) is 34.3 Å². The molecule has 1 atom stereocenters. The fraction of sp³-hybridized carbons (Fsp3) is 0.208.